The summed E-state index contributed by atoms with van der Waals surface area (Å²) in [6, 6.07) is 7.55. The van der Waals surface area contributed by atoms with E-state index in [2.05, 4.69) is 0 Å². The van der Waals surface area contributed by atoms with Crippen LogP contribution in [0.15, 0.2) is 24.3 Å². The fourth-order valence-corrected chi connectivity index (χ4v) is 1.88. The number of carbonyl (C=O) groups is 1. The van der Waals surface area contributed by atoms with E-state index in [0.29, 0.717) is 12.3 Å². The Bertz CT molecular complexity index is 367. The molecule has 0 amide bonds. The van der Waals surface area contributed by atoms with Gasteiger partial charge < -0.3 is 4.74 Å². The molecular weight excluding hydrogens is 200 g/mol. The van der Waals surface area contributed by atoms with Gasteiger partial charge in [-0.05, 0) is 30.9 Å². The highest BCUT2D eigenvalue weighted by atomic mass is 16.5. The minimum absolute atomic E-state index is 0.157. The summed E-state index contributed by atoms with van der Waals surface area (Å²) in [6.07, 6.45) is 4.39. The van der Waals surface area contributed by atoms with Crippen LogP contribution in [0.2, 0.25) is 0 Å². The van der Waals surface area contributed by atoms with Gasteiger partial charge in [-0.1, -0.05) is 25.5 Å². The van der Waals surface area contributed by atoms with E-state index in [9.17, 15) is 4.79 Å². The topological polar surface area (TPSA) is 26.3 Å². The van der Waals surface area contributed by atoms with E-state index in [1.54, 1.807) is 0 Å². The van der Waals surface area contributed by atoms with Crippen molar-refractivity contribution < 1.29 is 9.53 Å². The van der Waals surface area contributed by atoms with Gasteiger partial charge in [-0.2, -0.15) is 0 Å². The maximum absolute atomic E-state index is 11.7. The number of ketones is 1. The van der Waals surface area contributed by atoms with Crippen molar-refractivity contribution >= 4 is 5.78 Å². The van der Waals surface area contributed by atoms with Crippen LogP contribution in [0.25, 0.3) is 0 Å². The first-order chi connectivity index (χ1) is 7.81. The third kappa shape index (κ3) is 2.43. The Morgan fingerprint density at radius 3 is 2.75 bits per heavy atom. The van der Waals surface area contributed by atoms with Gasteiger partial charge in [0, 0.05) is 6.42 Å². The highest BCUT2D eigenvalue weighted by molar-refractivity contribution is 5.98. The summed E-state index contributed by atoms with van der Waals surface area (Å²) in [5.41, 5.74) is 0.726. The largest absolute Gasteiger partial charge is 0.493 e. The molecule has 0 saturated heterocycles. The molecule has 1 aliphatic rings. The first-order valence-corrected chi connectivity index (χ1v) is 6.06. The fourth-order valence-electron chi connectivity index (χ4n) is 1.88. The number of hydrogen-bond donors (Lipinski definition) is 0. The first kappa shape index (κ1) is 11.2. The second kappa shape index (κ2) is 5.15. The molecular formula is C14H18O2. The molecule has 0 radical (unpaired) electrons. The van der Waals surface area contributed by atoms with E-state index in [0.717, 1.165) is 17.9 Å². The van der Waals surface area contributed by atoms with Crippen LogP contribution in [0.5, 0.6) is 5.75 Å². The quantitative estimate of drug-likeness (QED) is 0.707. The van der Waals surface area contributed by atoms with Crippen molar-refractivity contribution in [1.82, 2.24) is 0 Å². The minimum atomic E-state index is 0.157. The maximum Gasteiger partial charge on any atom is 0.166 e. The lowest BCUT2D eigenvalue weighted by Gasteiger charge is -2.25. The lowest BCUT2D eigenvalue weighted by Crippen LogP contribution is -2.20. The van der Waals surface area contributed by atoms with E-state index in [4.69, 9.17) is 4.74 Å². The smallest absolute Gasteiger partial charge is 0.166 e. The van der Waals surface area contributed by atoms with Gasteiger partial charge in [0.1, 0.15) is 5.75 Å². The van der Waals surface area contributed by atoms with E-state index in [1.807, 2.05) is 31.2 Å². The first-order valence-electron chi connectivity index (χ1n) is 6.06. The van der Waals surface area contributed by atoms with Crippen LogP contribution in [0.1, 0.15) is 43.0 Å². The van der Waals surface area contributed by atoms with Crippen LogP contribution < -0.4 is 4.74 Å². The Balaban J connectivity index is 2.03. The van der Waals surface area contributed by atoms with Crippen molar-refractivity contribution in [3.63, 3.8) is 0 Å². The molecule has 86 valence electrons. The molecule has 1 aromatic carbocycles. The second-order valence-corrected chi connectivity index (χ2v) is 4.38. The van der Waals surface area contributed by atoms with E-state index in [1.165, 1.54) is 19.3 Å². The zero-order chi connectivity index (χ0) is 11.4. The van der Waals surface area contributed by atoms with Crippen molar-refractivity contribution in [2.24, 2.45) is 5.92 Å². The van der Waals surface area contributed by atoms with Crippen molar-refractivity contribution in [1.29, 1.82) is 0 Å². The number of para-hydroxylation sites is 1. The standard InChI is InChI=1S/C14H18O2/c1-2-13(15)12-8-3-4-9-14(12)16-10-11-6-5-7-11/h3-4,8-9,11H,2,5-7,10H2,1H3. The molecule has 2 heteroatoms. The highest BCUT2D eigenvalue weighted by Gasteiger charge is 2.19. The predicted octanol–water partition coefficient (Wildman–Crippen LogP) is 3.46. The van der Waals surface area contributed by atoms with E-state index >= 15 is 0 Å². The van der Waals surface area contributed by atoms with Crippen LogP contribution in [0, 0.1) is 5.92 Å². The summed E-state index contributed by atoms with van der Waals surface area (Å²) in [4.78, 5) is 11.7. The monoisotopic (exact) mass is 218 g/mol. The third-order valence-electron chi connectivity index (χ3n) is 3.21. The van der Waals surface area contributed by atoms with Gasteiger partial charge >= 0.3 is 0 Å². The minimum Gasteiger partial charge on any atom is -0.493 e. The maximum atomic E-state index is 11.7. The zero-order valence-corrected chi connectivity index (χ0v) is 9.74. The molecule has 0 unspecified atom stereocenters. The number of carbonyl (C=O) groups excluding carboxylic acids is 1. The molecule has 0 spiro atoms. The molecule has 16 heavy (non-hydrogen) atoms. The molecule has 0 N–H and O–H groups in total. The second-order valence-electron chi connectivity index (χ2n) is 4.38. The average Bonchev–Trinajstić information content (AvgIpc) is 2.26. The summed E-state index contributed by atoms with van der Waals surface area (Å²) in [5, 5.41) is 0. The predicted molar refractivity (Wildman–Crippen MR) is 63.9 cm³/mol. The van der Waals surface area contributed by atoms with Crippen LogP contribution in [-0.2, 0) is 0 Å². The van der Waals surface area contributed by atoms with Crippen molar-refractivity contribution in [3.05, 3.63) is 29.8 Å². The molecule has 1 saturated carbocycles. The third-order valence-corrected chi connectivity index (χ3v) is 3.21. The Kier molecular flexibility index (Phi) is 3.60. The number of Topliss-reactive ketones (excluding diaryl/α,β-unsaturated/α-hetero) is 1. The molecule has 0 aliphatic heterocycles. The molecule has 1 aromatic rings. The number of ether oxygens (including phenoxy) is 1. The molecule has 1 aliphatic carbocycles. The van der Waals surface area contributed by atoms with Gasteiger partial charge in [0.2, 0.25) is 0 Å². The van der Waals surface area contributed by atoms with Gasteiger partial charge in [0.05, 0.1) is 12.2 Å². The lowest BCUT2D eigenvalue weighted by molar-refractivity contribution is 0.0981. The Morgan fingerprint density at radius 2 is 2.12 bits per heavy atom. The van der Waals surface area contributed by atoms with Gasteiger partial charge in [-0.15, -0.1) is 0 Å². The van der Waals surface area contributed by atoms with Crippen LogP contribution in [0.3, 0.4) is 0 Å². The molecule has 2 rings (SSSR count). The van der Waals surface area contributed by atoms with Crippen molar-refractivity contribution in [2.45, 2.75) is 32.6 Å². The van der Waals surface area contributed by atoms with E-state index < -0.39 is 0 Å². The number of hydrogen-bond acceptors (Lipinski definition) is 2. The Hall–Kier alpha value is -1.31. The molecule has 0 bridgehead atoms. The summed E-state index contributed by atoms with van der Waals surface area (Å²) < 4.78 is 5.74. The molecule has 0 aromatic heterocycles. The Morgan fingerprint density at radius 1 is 1.38 bits per heavy atom. The molecule has 1 fully saturated rings. The van der Waals surface area contributed by atoms with Gasteiger partial charge in [-0.3, -0.25) is 4.79 Å². The van der Waals surface area contributed by atoms with Gasteiger partial charge in [0.15, 0.2) is 5.78 Å². The van der Waals surface area contributed by atoms with Crippen LogP contribution in [-0.4, -0.2) is 12.4 Å². The highest BCUT2D eigenvalue weighted by Crippen LogP contribution is 2.28. The van der Waals surface area contributed by atoms with Crippen LogP contribution >= 0.6 is 0 Å². The van der Waals surface area contributed by atoms with Crippen molar-refractivity contribution in [2.75, 3.05) is 6.61 Å². The Labute approximate surface area is 96.6 Å². The van der Waals surface area contributed by atoms with Crippen LogP contribution in [0.4, 0.5) is 0 Å². The van der Waals surface area contributed by atoms with Gasteiger partial charge in [-0.25, -0.2) is 0 Å². The fraction of sp³-hybridized carbons (Fsp3) is 0.500. The average molecular weight is 218 g/mol. The summed E-state index contributed by atoms with van der Waals surface area (Å²) in [5.74, 6) is 1.61. The van der Waals surface area contributed by atoms with Crippen molar-refractivity contribution in [3.8, 4) is 5.75 Å². The van der Waals surface area contributed by atoms with Gasteiger partial charge in [0.25, 0.3) is 0 Å². The number of rotatable bonds is 5. The molecule has 0 atom stereocenters. The summed E-state index contributed by atoms with van der Waals surface area (Å²) in [7, 11) is 0. The summed E-state index contributed by atoms with van der Waals surface area (Å²) in [6.45, 7) is 2.64. The SMILES string of the molecule is CCC(=O)c1ccccc1OCC1CCC1. The molecule has 0 heterocycles. The normalized spacial score (nSPS) is 15.6. The lowest BCUT2D eigenvalue weighted by atomic mass is 9.86. The molecule has 2 nitrogen and oxygen atoms in total. The summed E-state index contributed by atoms with van der Waals surface area (Å²) >= 11 is 0. The number of benzene rings is 1. The van der Waals surface area contributed by atoms with E-state index in [-0.39, 0.29) is 5.78 Å². The zero-order valence-electron chi connectivity index (χ0n) is 9.74.